The minimum atomic E-state index is -0.302. The number of aliphatic hydroxyl groups excluding tert-OH is 1. The van der Waals surface area contributed by atoms with Crippen molar-refractivity contribution in [3.8, 4) is 0 Å². The van der Waals surface area contributed by atoms with Gasteiger partial charge in [0, 0.05) is 39.1 Å². The third kappa shape index (κ3) is 5.00. The maximum Gasteiger partial charge on any atom is 0.243 e. The van der Waals surface area contributed by atoms with E-state index < -0.39 is 0 Å². The summed E-state index contributed by atoms with van der Waals surface area (Å²) in [6, 6.07) is 0.258. The number of aliphatic hydroxyl groups is 1. The molecule has 0 aromatic heterocycles. The van der Waals surface area contributed by atoms with E-state index in [0.717, 1.165) is 25.5 Å². The smallest absolute Gasteiger partial charge is 0.243 e. The monoisotopic (exact) mass is 284 g/mol. The Morgan fingerprint density at radius 1 is 1.45 bits per heavy atom. The van der Waals surface area contributed by atoms with Crippen molar-refractivity contribution in [1.82, 2.24) is 15.1 Å². The summed E-state index contributed by atoms with van der Waals surface area (Å²) in [5.41, 5.74) is 0. The summed E-state index contributed by atoms with van der Waals surface area (Å²) in [6.45, 7) is 7.72. The lowest BCUT2D eigenvalue weighted by Gasteiger charge is -2.24. The number of rotatable bonds is 4. The van der Waals surface area contributed by atoms with Crippen LogP contribution < -0.4 is 5.32 Å². The molecule has 1 aliphatic heterocycles. The Balaban J connectivity index is 2.70. The standard InChI is InChI=1S/C14H28N4O2/c1-10(2)16-14(15-8-13(20)17(4)5)18-7-6-12(9-18)11(3)19/h10-12,19H,6-9H2,1-5H3,(H,15,16). The van der Waals surface area contributed by atoms with Gasteiger partial charge in [0.15, 0.2) is 5.96 Å². The highest BCUT2D eigenvalue weighted by Crippen LogP contribution is 2.19. The van der Waals surface area contributed by atoms with Gasteiger partial charge >= 0.3 is 0 Å². The van der Waals surface area contributed by atoms with Crippen molar-refractivity contribution in [2.45, 2.75) is 39.3 Å². The van der Waals surface area contributed by atoms with Gasteiger partial charge in [0.1, 0.15) is 6.54 Å². The Morgan fingerprint density at radius 2 is 2.10 bits per heavy atom. The molecule has 1 rings (SSSR count). The molecule has 1 aliphatic rings. The molecule has 0 aromatic carbocycles. The molecule has 6 heteroatoms. The topological polar surface area (TPSA) is 68.2 Å². The molecule has 1 heterocycles. The van der Waals surface area contributed by atoms with Gasteiger partial charge < -0.3 is 20.2 Å². The maximum absolute atomic E-state index is 11.7. The number of amides is 1. The fourth-order valence-corrected chi connectivity index (χ4v) is 2.15. The van der Waals surface area contributed by atoms with Crippen molar-refractivity contribution in [3.05, 3.63) is 0 Å². The predicted molar refractivity (Wildman–Crippen MR) is 80.6 cm³/mol. The molecule has 0 spiro atoms. The molecule has 2 unspecified atom stereocenters. The van der Waals surface area contributed by atoms with Crippen molar-refractivity contribution < 1.29 is 9.90 Å². The highest BCUT2D eigenvalue weighted by atomic mass is 16.3. The minimum Gasteiger partial charge on any atom is -0.393 e. The van der Waals surface area contributed by atoms with E-state index in [0.29, 0.717) is 0 Å². The molecule has 1 saturated heterocycles. The lowest BCUT2D eigenvalue weighted by molar-refractivity contribution is -0.127. The molecule has 116 valence electrons. The molecule has 2 atom stereocenters. The van der Waals surface area contributed by atoms with Gasteiger partial charge in [-0.2, -0.15) is 0 Å². The third-order valence-electron chi connectivity index (χ3n) is 3.49. The summed E-state index contributed by atoms with van der Waals surface area (Å²) in [7, 11) is 3.46. The van der Waals surface area contributed by atoms with Gasteiger partial charge in [0.25, 0.3) is 0 Å². The molecule has 0 aliphatic carbocycles. The van der Waals surface area contributed by atoms with Crippen LogP contribution in [0.2, 0.25) is 0 Å². The fourth-order valence-electron chi connectivity index (χ4n) is 2.15. The van der Waals surface area contributed by atoms with Crippen LogP contribution in [0.3, 0.4) is 0 Å². The summed E-state index contributed by atoms with van der Waals surface area (Å²) >= 11 is 0. The first-order valence-corrected chi connectivity index (χ1v) is 7.25. The average Bonchev–Trinajstić information content (AvgIpc) is 2.82. The molecule has 6 nitrogen and oxygen atoms in total. The van der Waals surface area contributed by atoms with E-state index in [1.54, 1.807) is 19.0 Å². The molecular weight excluding hydrogens is 256 g/mol. The van der Waals surface area contributed by atoms with E-state index in [1.807, 2.05) is 20.8 Å². The van der Waals surface area contributed by atoms with Crippen LogP contribution >= 0.6 is 0 Å². The molecule has 0 radical (unpaired) electrons. The number of carbonyl (C=O) groups is 1. The van der Waals surface area contributed by atoms with E-state index in [-0.39, 0.29) is 30.5 Å². The first-order chi connectivity index (χ1) is 9.31. The van der Waals surface area contributed by atoms with E-state index >= 15 is 0 Å². The van der Waals surface area contributed by atoms with Gasteiger partial charge in [-0.3, -0.25) is 4.79 Å². The van der Waals surface area contributed by atoms with Crippen LogP contribution in [0, 0.1) is 5.92 Å². The Hall–Kier alpha value is -1.30. The number of likely N-dealkylation sites (N-methyl/N-ethyl adjacent to an activating group) is 1. The van der Waals surface area contributed by atoms with Gasteiger partial charge in [0.05, 0.1) is 6.10 Å². The first-order valence-electron chi connectivity index (χ1n) is 7.25. The zero-order chi connectivity index (χ0) is 15.3. The molecule has 1 amide bonds. The van der Waals surface area contributed by atoms with E-state index in [2.05, 4.69) is 15.2 Å². The number of carbonyl (C=O) groups excluding carboxylic acids is 1. The fraction of sp³-hybridized carbons (Fsp3) is 0.857. The van der Waals surface area contributed by atoms with Crippen molar-refractivity contribution in [1.29, 1.82) is 0 Å². The number of guanidine groups is 1. The molecule has 2 N–H and O–H groups in total. The summed E-state index contributed by atoms with van der Waals surface area (Å²) < 4.78 is 0. The summed E-state index contributed by atoms with van der Waals surface area (Å²) in [5, 5.41) is 13.0. The Morgan fingerprint density at radius 3 is 2.55 bits per heavy atom. The van der Waals surface area contributed by atoms with Gasteiger partial charge in [-0.25, -0.2) is 4.99 Å². The minimum absolute atomic E-state index is 0.0145. The van der Waals surface area contributed by atoms with Crippen LogP contribution in [0.15, 0.2) is 4.99 Å². The molecule has 0 aromatic rings. The van der Waals surface area contributed by atoms with E-state index in [4.69, 9.17) is 0 Å². The highest BCUT2D eigenvalue weighted by molar-refractivity contribution is 5.85. The first kappa shape index (κ1) is 16.8. The number of hydrogen-bond donors (Lipinski definition) is 2. The highest BCUT2D eigenvalue weighted by Gasteiger charge is 2.28. The van der Waals surface area contributed by atoms with Crippen LogP contribution in [0.4, 0.5) is 0 Å². The Kier molecular flexibility index (Phi) is 6.26. The van der Waals surface area contributed by atoms with Crippen molar-refractivity contribution in [2.75, 3.05) is 33.7 Å². The summed E-state index contributed by atoms with van der Waals surface area (Å²) in [6.07, 6.45) is 0.654. The second kappa shape index (κ2) is 7.47. The maximum atomic E-state index is 11.7. The quantitative estimate of drug-likeness (QED) is 0.569. The second-order valence-electron chi connectivity index (χ2n) is 5.96. The van der Waals surface area contributed by atoms with Crippen LogP contribution in [0.1, 0.15) is 27.2 Å². The zero-order valence-electron chi connectivity index (χ0n) is 13.3. The SMILES string of the molecule is CC(C)NC(=NCC(=O)N(C)C)N1CCC(C(C)O)C1. The lowest BCUT2D eigenvalue weighted by atomic mass is 10.0. The van der Waals surface area contributed by atoms with E-state index in [1.165, 1.54) is 0 Å². The molecule has 0 bridgehead atoms. The molecular formula is C14H28N4O2. The van der Waals surface area contributed by atoms with Crippen molar-refractivity contribution >= 4 is 11.9 Å². The number of nitrogens with one attached hydrogen (secondary N) is 1. The van der Waals surface area contributed by atoms with Gasteiger partial charge in [0.2, 0.25) is 5.91 Å². The largest absolute Gasteiger partial charge is 0.393 e. The van der Waals surface area contributed by atoms with Gasteiger partial charge in [-0.15, -0.1) is 0 Å². The van der Waals surface area contributed by atoms with Crippen molar-refractivity contribution in [3.63, 3.8) is 0 Å². The van der Waals surface area contributed by atoms with Gasteiger partial charge in [-0.05, 0) is 27.2 Å². The van der Waals surface area contributed by atoms with E-state index in [9.17, 15) is 9.90 Å². The predicted octanol–water partition coefficient (Wildman–Crippen LogP) is 0.131. The molecule has 0 saturated carbocycles. The van der Waals surface area contributed by atoms with Crippen LogP contribution in [-0.2, 0) is 4.79 Å². The lowest BCUT2D eigenvalue weighted by Crippen LogP contribution is -2.44. The summed E-state index contributed by atoms with van der Waals surface area (Å²) in [5.74, 6) is 1.02. The Labute approximate surface area is 121 Å². The average molecular weight is 284 g/mol. The summed E-state index contributed by atoms with van der Waals surface area (Å²) in [4.78, 5) is 19.7. The molecule has 1 fully saturated rings. The normalized spacial score (nSPS) is 21.2. The number of nitrogens with zero attached hydrogens (tertiary/aromatic N) is 3. The van der Waals surface area contributed by atoms with Crippen LogP contribution in [0.5, 0.6) is 0 Å². The van der Waals surface area contributed by atoms with Gasteiger partial charge in [-0.1, -0.05) is 0 Å². The number of likely N-dealkylation sites (tertiary alicyclic amines) is 1. The van der Waals surface area contributed by atoms with Crippen molar-refractivity contribution in [2.24, 2.45) is 10.9 Å². The van der Waals surface area contributed by atoms with Crippen LogP contribution in [-0.4, -0.2) is 72.6 Å². The third-order valence-corrected chi connectivity index (χ3v) is 3.49. The molecule has 20 heavy (non-hydrogen) atoms. The number of aliphatic imine (C=N–C) groups is 1. The number of hydrogen-bond acceptors (Lipinski definition) is 3. The zero-order valence-corrected chi connectivity index (χ0v) is 13.3. The van der Waals surface area contributed by atoms with Crippen LogP contribution in [0.25, 0.3) is 0 Å². The Bertz CT molecular complexity index is 353. The second-order valence-corrected chi connectivity index (χ2v) is 5.96.